The highest BCUT2D eigenvalue weighted by atomic mass is 32.2. The van der Waals surface area contributed by atoms with E-state index in [4.69, 9.17) is 5.73 Å². The molecule has 1 aromatic rings. The van der Waals surface area contributed by atoms with Crippen molar-refractivity contribution in [3.8, 4) is 0 Å². The summed E-state index contributed by atoms with van der Waals surface area (Å²) in [6.07, 6.45) is 2.74. The second-order valence-electron chi connectivity index (χ2n) is 3.89. The van der Waals surface area contributed by atoms with Crippen molar-refractivity contribution in [3.05, 3.63) is 35.6 Å². The molecule has 1 unspecified atom stereocenters. The number of hydrogen-bond donors (Lipinski definition) is 1. The van der Waals surface area contributed by atoms with Gasteiger partial charge in [0, 0.05) is 6.04 Å². The second kappa shape index (κ2) is 7.69. The number of rotatable bonds is 7. The monoisotopic (exact) mass is 241 g/mol. The first-order valence-corrected chi connectivity index (χ1v) is 6.96. The lowest BCUT2D eigenvalue weighted by Crippen LogP contribution is -2.23. The van der Waals surface area contributed by atoms with Gasteiger partial charge in [0.1, 0.15) is 5.82 Å². The van der Waals surface area contributed by atoms with E-state index in [9.17, 15) is 4.39 Å². The second-order valence-corrected chi connectivity index (χ2v) is 5.29. The Hall–Kier alpha value is -0.540. The fraction of sp³-hybridized carbons (Fsp3) is 0.538. The summed E-state index contributed by atoms with van der Waals surface area (Å²) in [5.41, 5.74) is 6.72. The van der Waals surface area contributed by atoms with E-state index in [0.717, 1.165) is 29.9 Å². The third kappa shape index (κ3) is 4.99. The first kappa shape index (κ1) is 13.5. The van der Waals surface area contributed by atoms with Crippen LogP contribution >= 0.6 is 11.8 Å². The van der Waals surface area contributed by atoms with Crippen LogP contribution in [0.5, 0.6) is 0 Å². The molecule has 0 bridgehead atoms. The van der Waals surface area contributed by atoms with Crippen molar-refractivity contribution < 1.29 is 4.39 Å². The SMILES string of the molecule is CCSCCCC(N)Cc1ccccc1F. The molecule has 3 heteroatoms. The Balaban J connectivity index is 2.28. The van der Waals surface area contributed by atoms with Gasteiger partial charge >= 0.3 is 0 Å². The van der Waals surface area contributed by atoms with Gasteiger partial charge in [-0.05, 0) is 42.4 Å². The molecule has 0 saturated heterocycles. The third-order valence-electron chi connectivity index (χ3n) is 2.51. The summed E-state index contributed by atoms with van der Waals surface area (Å²) in [4.78, 5) is 0. The van der Waals surface area contributed by atoms with E-state index >= 15 is 0 Å². The topological polar surface area (TPSA) is 26.0 Å². The number of nitrogens with two attached hydrogens (primary N) is 1. The zero-order valence-corrected chi connectivity index (χ0v) is 10.6. The van der Waals surface area contributed by atoms with Gasteiger partial charge in [-0.2, -0.15) is 11.8 Å². The van der Waals surface area contributed by atoms with E-state index in [2.05, 4.69) is 6.92 Å². The number of thioether (sulfide) groups is 1. The number of benzene rings is 1. The van der Waals surface area contributed by atoms with E-state index in [1.54, 1.807) is 6.07 Å². The van der Waals surface area contributed by atoms with Crippen LogP contribution in [0.15, 0.2) is 24.3 Å². The Labute approximate surface area is 102 Å². The summed E-state index contributed by atoms with van der Waals surface area (Å²) in [6.45, 7) is 2.16. The Kier molecular flexibility index (Phi) is 6.50. The number of hydrogen-bond acceptors (Lipinski definition) is 2. The lowest BCUT2D eigenvalue weighted by atomic mass is 10.0. The average Bonchev–Trinajstić information content (AvgIpc) is 2.28. The van der Waals surface area contributed by atoms with Crippen molar-refractivity contribution in [1.29, 1.82) is 0 Å². The van der Waals surface area contributed by atoms with Crippen LogP contribution < -0.4 is 5.73 Å². The predicted molar refractivity (Wildman–Crippen MR) is 70.3 cm³/mol. The first-order chi connectivity index (χ1) is 7.74. The predicted octanol–water partition coefficient (Wildman–Crippen LogP) is 3.23. The normalized spacial score (nSPS) is 12.7. The van der Waals surface area contributed by atoms with Gasteiger partial charge in [-0.3, -0.25) is 0 Å². The van der Waals surface area contributed by atoms with Crippen molar-refractivity contribution in [2.75, 3.05) is 11.5 Å². The molecule has 0 aromatic heterocycles. The Bertz CT molecular complexity index is 304. The quantitative estimate of drug-likeness (QED) is 0.742. The smallest absolute Gasteiger partial charge is 0.126 e. The highest BCUT2D eigenvalue weighted by Crippen LogP contribution is 2.12. The molecule has 1 aromatic carbocycles. The maximum atomic E-state index is 13.3. The standard InChI is InChI=1S/C13H20FNS/c1-2-16-9-5-7-12(15)10-11-6-3-4-8-13(11)14/h3-4,6,8,12H,2,5,7,9-10,15H2,1H3. The molecule has 1 rings (SSSR count). The maximum absolute atomic E-state index is 13.3. The van der Waals surface area contributed by atoms with E-state index in [-0.39, 0.29) is 11.9 Å². The lowest BCUT2D eigenvalue weighted by Gasteiger charge is -2.11. The fourth-order valence-electron chi connectivity index (χ4n) is 1.64. The molecule has 0 aliphatic carbocycles. The molecule has 0 amide bonds. The average molecular weight is 241 g/mol. The van der Waals surface area contributed by atoms with Gasteiger partial charge in [0.15, 0.2) is 0 Å². The van der Waals surface area contributed by atoms with Gasteiger partial charge in [0.05, 0.1) is 0 Å². The van der Waals surface area contributed by atoms with Crippen molar-refractivity contribution >= 4 is 11.8 Å². The van der Waals surface area contributed by atoms with Crippen LogP contribution in [0.2, 0.25) is 0 Å². The highest BCUT2D eigenvalue weighted by molar-refractivity contribution is 7.99. The van der Waals surface area contributed by atoms with Gasteiger partial charge in [-0.1, -0.05) is 25.1 Å². The molecule has 0 saturated carbocycles. The lowest BCUT2D eigenvalue weighted by molar-refractivity contribution is 0.563. The molecule has 0 aliphatic rings. The molecule has 1 nitrogen and oxygen atoms in total. The summed E-state index contributed by atoms with van der Waals surface area (Å²) in [7, 11) is 0. The molecule has 0 spiro atoms. The maximum Gasteiger partial charge on any atom is 0.126 e. The minimum Gasteiger partial charge on any atom is -0.327 e. The molecule has 2 N–H and O–H groups in total. The van der Waals surface area contributed by atoms with Gasteiger partial charge in [0.25, 0.3) is 0 Å². The van der Waals surface area contributed by atoms with Crippen molar-refractivity contribution in [3.63, 3.8) is 0 Å². The molecule has 0 heterocycles. The van der Waals surface area contributed by atoms with Crippen LogP contribution in [0, 0.1) is 5.82 Å². The van der Waals surface area contributed by atoms with E-state index < -0.39 is 0 Å². The summed E-state index contributed by atoms with van der Waals surface area (Å²) in [5.74, 6) is 2.17. The van der Waals surface area contributed by atoms with Crippen molar-refractivity contribution in [2.24, 2.45) is 5.73 Å². The first-order valence-electron chi connectivity index (χ1n) is 5.80. The minimum atomic E-state index is -0.138. The van der Waals surface area contributed by atoms with Crippen LogP contribution in [0.4, 0.5) is 4.39 Å². The van der Waals surface area contributed by atoms with E-state index in [1.807, 2.05) is 23.9 Å². The van der Waals surface area contributed by atoms with Gasteiger partial charge in [-0.15, -0.1) is 0 Å². The minimum absolute atomic E-state index is 0.0781. The van der Waals surface area contributed by atoms with Gasteiger partial charge in [-0.25, -0.2) is 4.39 Å². The molecular weight excluding hydrogens is 221 g/mol. The summed E-state index contributed by atoms with van der Waals surface area (Å²) < 4.78 is 13.3. The molecule has 0 fully saturated rings. The Morgan fingerprint density at radius 2 is 2.12 bits per heavy atom. The molecule has 16 heavy (non-hydrogen) atoms. The molecule has 0 aliphatic heterocycles. The molecule has 90 valence electrons. The highest BCUT2D eigenvalue weighted by Gasteiger charge is 2.07. The van der Waals surface area contributed by atoms with Crippen LogP contribution in [0.1, 0.15) is 25.3 Å². The van der Waals surface area contributed by atoms with Gasteiger partial charge < -0.3 is 5.73 Å². The fourth-order valence-corrected chi connectivity index (χ4v) is 2.30. The zero-order valence-electron chi connectivity index (χ0n) is 9.79. The summed E-state index contributed by atoms with van der Waals surface area (Å²) in [6, 6.07) is 6.96. The van der Waals surface area contributed by atoms with Crippen molar-refractivity contribution in [1.82, 2.24) is 0 Å². The molecular formula is C13H20FNS. The van der Waals surface area contributed by atoms with Crippen LogP contribution in [-0.2, 0) is 6.42 Å². The Morgan fingerprint density at radius 1 is 1.38 bits per heavy atom. The third-order valence-corrected chi connectivity index (χ3v) is 3.49. The van der Waals surface area contributed by atoms with Crippen LogP contribution in [0.25, 0.3) is 0 Å². The van der Waals surface area contributed by atoms with Gasteiger partial charge in [0.2, 0.25) is 0 Å². The molecule has 0 radical (unpaired) electrons. The van der Waals surface area contributed by atoms with E-state index in [1.165, 1.54) is 6.07 Å². The summed E-state index contributed by atoms with van der Waals surface area (Å²) >= 11 is 1.93. The van der Waals surface area contributed by atoms with Crippen LogP contribution in [-0.4, -0.2) is 17.5 Å². The largest absolute Gasteiger partial charge is 0.327 e. The van der Waals surface area contributed by atoms with Crippen molar-refractivity contribution in [2.45, 2.75) is 32.2 Å². The zero-order chi connectivity index (χ0) is 11.8. The summed E-state index contributed by atoms with van der Waals surface area (Å²) in [5, 5.41) is 0. The molecule has 1 atom stereocenters. The Morgan fingerprint density at radius 3 is 2.81 bits per heavy atom. The van der Waals surface area contributed by atoms with E-state index in [0.29, 0.717) is 6.42 Å². The van der Waals surface area contributed by atoms with Crippen LogP contribution in [0.3, 0.4) is 0 Å². The number of halogens is 1.